The first-order valence-corrected chi connectivity index (χ1v) is 5.85. The van der Waals surface area contributed by atoms with Gasteiger partial charge in [0.15, 0.2) is 0 Å². The molecule has 1 aromatic carbocycles. The normalized spacial score (nSPS) is 18.2. The molecule has 0 spiro atoms. The van der Waals surface area contributed by atoms with E-state index < -0.39 is 0 Å². The van der Waals surface area contributed by atoms with Gasteiger partial charge >= 0.3 is 0 Å². The summed E-state index contributed by atoms with van der Waals surface area (Å²) >= 11 is 0. The predicted octanol–water partition coefficient (Wildman–Crippen LogP) is 2.64. The summed E-state index contributed by atoms with van der Waals surface area (Å²) in [6, 6.07) is 7.75. The van der Waals surface area contributed by atoms with E-state index in [9.17, 15) is 0 Å². The summed E-state index contributed by atoms with van der Waals surface area (Å²) in [5.41, 5.74) is 0. The van der Waals surface area contributed by atoms with Gasteiger partial charge < -0.3 is 14.2 Å². The molecular formula is C13H18O3. The molecule has 1 heterocycles. The lowest BCUT2D eigenvalue weighted by Crippen LogP contribution is -2.03. The summed E-state index contributed by atoms with van der Waals surface area (Å²) in [5.74, 6) is 1.78. The second-order valence-electron chi connectivity index (χ2n) is 3.94. The highest BCUT2D eigenvalue weighted by Crippen LogP contribution is 2.19. The van der Waals surface area contributed by atoms with Crippen molar-refractivity contribution in [1.82, 2.24) is 0 Å². The minimum atomic E-state index is 0.306. The van der Waals surface area contributed by atoms with E-state index in [-0.39, 0.29) is 0 Å². The molecule has 0 amide bonds. The summed E-state index contributed by atoms with van der Waals surface area (Å²) in [6.45, 7) is 4.42. The highest BCUT2D eigenvalue weighted by molar-refractivity contribution is 5.31. The van der Waals surface area contributed by atoms with E-state index in [0.29, 0.717) is 12.7 Å². The summed E-state index contributed by atoms with van der Waals surface area (Å²) in [4.78, 5) is 0. The second kappa shape index (κ2) is 5.75. The van der Waals surface area contributed by atoms with Crippen LogP contribution in [0, 0.1) is 0 Å². The summed E-state index contributed by atoms with van der Waals surface area (Å²) in [6.07, 6.45) is 2.56. The maximum atomic E-state index is 5.56. The van der Waals surface area contributed by atoms with Crippen molar-refractivity contribution in [1.29, 1.82) is 0 Å². The lowest BCUT2D eigenvalue weighted by atomic mass is 10.3. The number of epoxide rings is 1. The first kappa shape index (κ1) is 11.3. The van der Waals surface area contributed by atoms with Crippen LogP contribution in [0.1, 0.15) is 19.8 Å². The third-order valence-corrected chi connectivity index (χ3v) is 2.43. The lowest BCUT2D eigenvalue weighted by molar-refractivity contribution is 0.262. The minimum absolute atomic E-state index is 0.306. The van der Waals surface area contributed by atoms with Gasteiger partial charge in [-0.1, -0.05) is 13.3 Å². The molecule has 0 bridgehead atoms. The lowest BCUT2D eigenvalue weighted by Gasteiger charge is -2.07. The van der Waals surface area contributed by atoms with Crippen LogP contribution in [0.4, 0.5) is 0 Å². The van der Waals surface area contributed by atoms with Gasteiger partial charge in [-0.05, 0) is 30.7 Å². The van der Waals surface area contributed by atoms with Crippen molar-refractivity contribution < 1.29 is 14.2 Å². The Morgan fingerprint density at radius 2 is 1.81 bits per heavy atom. The van der Waals surface area contributed by atoms with Gasteiger partial charge in [-0.25, -0.2) is 0 Å². The first-order chi connectivity index (χ1) is 7.88. The maximum absolute atomic E-state index is 5.56. The Bertz CT molecular complexity index is 303. The van der Waals surface area contributed by atoms with E-state index in [1.807, 2.05) is 24.3 Å². The largest absolute Gasteiger partial charge is 0.494 e. The Balaban J connectivity index is 1.74. The molecule has 0 aliphatic carbocycles. The van der Waals surface area contributed by atoms with Crippen LogP contribution in [0.3, 0.4) is 0 Å². The van der Waals surface area contributed by atoms with E-state index in [1.165, 1.54) is 0 Å². The Morgan fingerprint density at radius 3 is 2.38 bits per heavy atom. The minimum Gasteiger partial charge on any atom is -0.494 e. The van der Waals surface area contributed by atoms with Crippen molar-refractivity contribution >= 4 is 0 Å². The van der Waals surface area contributed by atoms with Crippen LogP contribution in [0.15, 0.2) is 24.3 Å². The number of rotatable bonds is 7. The smallest absolute Gasteiger partial charge is 0.119 e. The quantitative estimate of drug-likeness (QED) is 0.525. The van der Waals surface area contributed by atoms with E-state index in [0.717, 1.165) is 37.6 Å². The molecule has 3 heteroatoms. The molecule has 1 aliphatic rings. The molecule has 16 heavy (non-hydrogen) atoms. The zero-order valence-electron chi connectivity index (χ0n) is 9.65. The zero-order valence-corrected chi connectivity index (χ0v) is 9.65. The molecule has 1 aromatic rings. The average molecular weight is 222 g/mol. The Morgan fingerprint density at radius 1 is 1.19 bits per heavy atom. The molecule has 1 atom stereocenters. The van der Waals surface area contributed by atoms with Gasteiger partial charge in [0.25, 0.3) is 0 Å². The molecule has 88 valence electrons. The third kappa shape index (κ3) is 3.74. The predicted molar refractivity (Wildman–Crippen MR) is 62.1 cm³/mol. The molecule has 0 unspecified atom stereocenters. The van der Waals surface area contributed by atoms with E-state index in [1.54, 1.807) is 0 Å². The van der Waals surface area contributed by atoms with Gasteiger partial charge in [-0.15, -0.1) is 0 Å². The van der Waals surface area contributed by atoms with Crippen LogP contribution in [0.5, 0.6) is 11.5 Å². The van der Waals surface area contributed by atoms with Crippen molar-refractivity contribution in [2.24, 2.45) is 0 Å². The van der Waals surface area contributed by atoms with E-state index in [4.69, 9.17) is 14.2 Å². The molecule has 0 saturated carbocycles. The molecule has 1 aliphatic heterocycles. The van der Waals surface area contributed by atoms with Gasteiger partial charge in [0.1, 0.15) is 24.2 Å². The molecule has 0 radical (unpaired) electrons. The van der Waals surface area contributed by atoms with Crippen molar-refractivity contribution in [3.05, 3.63) is 24.3 Å². The Labute approximate surface area is 96.3 Å². The van der Waals surface area contributed by atoms with Crippen LogP contribution < -0.4 is 9.47 Å². The second-order valence-corrected chi connectivity index (χ2v) is 3.94. The molecule has 0 aromatic heterocycles. The molecule has 2 rings (SSSR count). The van der Waals surface area contributed by atoms with Crippen molar-refractivity contribution in [3.63, 3.8) is 0 Å². The standard InChI is InChI=1S/C13H18O3/c1-2-3-8-14-11-4-6-12(7-5-11)15-9-13-10-16-13/h4-7,13H,2-3,8-10H2,1H3/t13-/m0/s1. The fourth-order valence-corrected chi connectivity index (χ4v) is 1.32. The van der Waals surface area contributed by atoms with Crippen molar-refractivity contribution in [2.45, 2.75) is 25.9 Å². The van der Waals surface area contributed by atoms with Crippen molar-refractivity contribution in [3.8, 4) is 11.5 Å². The maximum Gasteiger partial charge on any atom is 0.119 e. The molecule has 1 saturated heterocycles. The number of benzene rings is 1. The number of hydrogen-bond donors (Lipinski definition) is 0. The summed E-state index contributed by atoms with van der Waals surface area (Å²) in [5, 5.41) is 0. The SMILES string of the molecule is CCCCOc1ccc(OC[C@H]2CO2)cc1. The van der Waals surface area contributed by atoms with Gasteiger partial charge in [0.05, 0.1) is 13.2 Å². The van der Waals surface area contributed by atoms with Crippen molar-refractivity contribution in [2.75, 3.05) is 19.8 Å². The Hall–Kier alpha value is -1.22. The third-order valence-electron chi connectivity index (χ3n) is 2.43. The molecular weight excluding hydrogens is 204 g/mol. The summed E-state index contributed by atoms with van der Waals surface area (Å²) < 4.78 is 16.2. The average Bonchev–Trinajstić information content (AvgIpc) is 3.12. The van der Waals surface area contributed by atoms with E-state index in [2.05, 4.69) is 6.92 Å². The van der Waals surface area contributed by atoms with Gasteiger partial charge in [-0.3, -0.25) is 0 Å². The fraction of sp³-hybridized carbons (Fsp3) is 0.538. The van der Waals surface area contributed by atoms with Crippen LogP contribution in [0.2, 0.25) is 0 Å². The number of ether oxygens (including phenoxy) is 3. The van der Waals surface area contributed by atoms with Crippen LogP contribution in [0.25, 0.3) is 0 Å². The molecule has 0 N–H and O–H groups in total. The topological polar surface area (TPSA) is 31.0 Å². The summed E-state index contributed by atoms with van der Waals surface area (Å²) in [7, 11) is 0. The first-order valence-electron chi connectivity index (χ1n) is 5.85. The van der Waals surface area contributed by atoms with Crippen LogP contribution in [-0.4, -0.2) is 25.9 Å². The number of unbranched alkanes of at least 4 members (excludes halogenated alkanes) is 1. The van der Waals surface area contributed by atoms with Gasteiger partial charge in [-0.2, -0.15) is 0 Å². The van der Waals surface area contributed by atoms with Crippen LogP contribution >= 0.6 is 0 Å². The number of hydrogen-bond acceptors (Lipinski definition) is 3. The molecule has 1 fully saturated rings. The zero-order chi connectivity index (χ0) is 11.2. The highest BCUT2D eigenvalue weighted by Gasteiger charge is 2.22. The fourth-order valence-electron chi connectivity index (χ4n) is 1.32. The van der Waals surface area contributed by atoms with Crippen LogP contribution in [-0.2, 0) is 4.74 Å². The highest BCUT2D eigenvalue weighted by atomic mass is 16.6. The monoisotopic (exact) mass is 222 g/mol. The van der Waals surface area contributed by atoms with Gasteiger partial charge in [0.2, 0.25) is 0 Å². The van der Waals surface area contributed by atoms with E-state index >= 15 is 0 Å². The van der Waals surface area contributed by atoms with Gasteiger partial charge in [0, 0.05) is 0 Å². The molecule has 3 nitrogen and oxygen atoms in total. The Kier molecular flexibility index (Phi) is 4.05.